The second kappa shape index (κ2) is 8.03. The molecule has 0 aliphatic heterocycles. The minimum absolute atomic E-state index is 0.158. The van der Waals surface area contributed by atoms with E-state index in [-0.39, 0.29) is 11.5 Å². The van der Waals surface area contributed by atoms with E-state index in [1.807, 2.05) is 6.07 Å². The van der Waals surface area contributed by atoms with E-state index >= 15 is 0 Å². The summed E-state index contributed by atoms with van der Waals surface area (Å²) in [6, 6.07) is 14.2. The molecule has 0 aliphatic carbocycles. The number of nitrogens with one attached hydrogen (secondary N) is 1. The van der Waals surface area contributed by atoms with Crippen LogP contribution in [0.25, 0.3) is 16.5 Å². The Morgan fingerprint density at radius 3 is 2.72 bits per heavy atom. The minimum atomic E-state index is -0.318. The number of hydrogen-bond acceptors (Lipinski definition) is 6. The van der Waals surface area contributed by atoms with E-state index in [4.69, 9.17) is 4.74 Å². The van der Waals surface area contributed by atoms with Gasteiger partial charge in [-0.05, 0) is 34.7 Å². The summed E-state index contributed by atoms with van der Waals surface area (Å²) >= 11 is 0. The molecule has 1 N–H and O–H groups in total. The van der Waals surface area contributed by atoms with Crippen molar-refractivity contribution in [3.05, 3.63) is 77.0 Å². The minimum Gasteiger partial charge on any atom is -0.383 e. The molecule has 0 unspecified atom stereocenters. The zero-order valence-corrected chi connectivity index (χ0v) is 15.6. The monoisotopic (exact) mass is 390 g/mol. The molecular formula is C20H18N6O3. The number of methoxy groups -OCH3 is 1. The summed E-state index contributed by atoms with van der Waals surface area (Å²) < 4.78 is 8.07. The lowest BCUT2D eigenvalue weighted by Gasteiger charge is -2.13. The standard InChI is InChI=1S/C20H18N6O3/c1-29-10-9-25-12-18(16-7-2-3-8-17(16)20(25)28)19(27)22-14-5-4-6-15(11-14)26-13-21-23-24-26/h2-8,11-13H,9-10H2,1H3,(H,22,27). The largest absolute Gasteiger partial charge is 0.383 e. The van der Waals surface area contributed by atoms with E-state index < -0.39 is 0 Å². The molecule has 4 aromatic rings. The first kappa shape index (κ1) is 18.5. The number of anilines is 1. The Hall–Kier alpha value is -3.85. The van der Waals surface area contributed by atoms with Crippen LogP contribution in [-0.2, 0) is 11.3 Å². The molecule has 0 fully saturated rings. The lowest BCUT2D eigenvalue weighted by Crippen LogP contribution is -2.25. The fraction of sp³-hybridized carbons (Fsp3) is 0.150. The number of hydrogen-bond donors (Lipinski definition) is 1. The first-order chi connectivity index (χ1) is 14.2. The van der Waals surface area contributed by atoms with Crippen molar-refractivity contribution in [2.75, 3.05) is 19.0 Å². The molecule has 0 saturated heterocycles. The SMILES string of the molecule is COCCn1cc(C(=O)Nc2cccc(-n3cnnn3)c2)c2ccccc2c1=O. The van der Waals surface area contributed by atoms with Crippen molar-refractivity contribution in [1.82, 2.24) is 24.8 Å². The highest BCUT2D eigenvalue weighted by Gasteiger charge is 2.15. The van der Waals surface area contributed by atoms with Crippen LogP contribution in [0, 0.1) is 0 Å². The van der Waals surface area contributed by atoms with Crippen molar-refractivity contribution in [3.8, 4) is 5.69 Å². The summed E-state index contributed by atoms with van der Waals surface area (Å²) in [6.07, 6.45) is 3.05. The molecule has 1 amide bonds. The van der Waals surface area contributed by atoms with Gasteiger partial charge < -0.3 is 14.6 Å². The predicted molar refractivity (Wildman–Crippen MR) is 107 cm³/mol. The first-order valence-electron chi connectivity index (χ1n) is 8.93. The average Bonchev–Trinajstić information content (AvgIpc) is 3.28. The second-order valence-corrected chi connectivity index (χ2v) is 6.34. The summed E-state index contributed by atoms with van der Waals surface area (Å²) in [5, 5.41) is 15.1. The fourth-order valence-electron chi connectivity index (χ4n) is 3.08. The van der Waals surface area contributed by atoms with Crippen LogP contribution in [0.1, 0.15) is 10.4 Å². The van der Waals surface area contributed by atoms with Crippen LogP contribution in [0.3, 0.4) is 0 Å². The van der Waals surface area contributed by atoms with Crippen molar-refractivity contribution < 1.29 is 9.53 Å². The quantitative estimate of drug-likeness (QED) is 0.539. The van der Waals surface area contributed by atoms with Crippen LogP contribution < -0.4 is 10.9 Å². The third-order valence-electron chi connectivity index (χ3n) is 4.49. The van der Waals surface area contributed by atoms with Gasteiger partial charge in [0.25, 0.3) is 11.5 Å². The molecule has 0 atom stereocenters. The van der Waals surface area contributed by atoms with Crippen molar-refractivity contribution in [2.45, 2.75) is 6.54 Å². The molecule has 0 spiro atoms. The summed E-state index contributed by atoms with van der Waals surface area (Å²) in [5.74, 6) is -0.318. The highest BCUT2D eigenvalue weighted by atomic mass is 16.5. The van der Waals surface area contributed by atoms with Gasteiger partial charge in [0.05, 0.1) is 17.9 Å². The molecule has 0 bridgehead atoms. The van der Waals surface area contributed by atoms with Gasteiger partial charge in [-0.15, -0.1) is 5.10 Å². The fourth-order valence-corrected chi connectivity index (χ4v) is 3.08. The third kappa shape index (κ3) is 3.76. The number of carbonyl (C=O) groups excluding carboxylic acids is 1. The van der Waals surface area contributed by atoms with E-state index in [1.54, 1.807) is 55.8 Å². The number of amides is 1. The van der Waals surface area contributed by atoms with Crippen molar-refractivity contribution in [1.29, 1.82) is 0 Å². The number of benzene rings is 2. The van der Waals surface area contributed by atoms with Gasteiger partial charge in [0.1, 0.15) is 6.33 Å². The van der Waals surface area contributed by atoms with Gasteiger partial charge in [-0.25, -0.2) is 4.68 Å². The third-order valence-corrected chi connectivity index (χ3v) is 4.49. The Labute approximate surface area is 165 Å². The van der Waals surface area contributed by atoms with E-state index in [0.717, 1.165) is 0 Å². The number of fused-ring (bicyclic) bond motifs is 1. The second-order valence-electron chi connectivity index (χ2n) is 6.34. The topological polar surface area (TPSA) is 104 Å². The lowest BCUT2D eigenvalue weighted by atomic mass is 10.1. The lowest BCUT2D eigenvalue weighted by molar-refractivity contribution is 0.102. The molecule has 2 aromatic heterocycles. The van der Waals surface area contributed by atoms with E-state index in [9.17, 15) is 9.59 Å². The Kier molecular flexibility index (Phi) is 5.12. The number of carbonyl (C=O) groups is 1. The van der Waals surface area contributed by atoms with Crippen LogP contribution in [0.4, 0.5) is 5.69 Å². The molecule has 9 nitrogen and oxygen atoms in total. The molecule has 2 heterocycles. The van der Waals surface area contributed by atoms with Crippen molar-refractivity contribution in [3.63, 3.8) is 0 Å². The van der Waals surface area contributed by atoms with Crippen LogP contribution in [-0.4, -0.2) is 44.4 Å². The molecule has 0 aliphatic rings. The summed E-state index contributed by atoms with van der Waals surface area (Å²) in [5.41, 5.74) is 1.54. The number of pyridine rings is 1. The molecule has 9 heteroatoms. The van der Waals surface area contributed by atoms with Gasteiger partial charge in [0.2, 0.25) is 0 Å². The summed E-state index contributed by atoms with van der Waals surface area (Å²) in [4.78, 5) is 25.8. The van der Waals surface area contributed by atoms with E-state index in [2.05, 4.69) is 20.8 Å². The zero-order valence-electron chi connectivity index (χ0n) is 15.6. The first-order valence-corrected chi connectivity index (χ1v) is 8.93. The number of tetrazole rings is 1. The van der Waals surface area contributed by atoms with E-state index in [1.165, 1.54) is 15.6 Å². The number of ether oxygens (including phenoxy) is 1. The molecule has 29 heavy (non-hydrogen) atoms. The van der Waals surface area contributed by atoms with Crippen molar-refractivity contribution in [2.24, 2.45) is 0 Å². The average molecular weight is 390 g/mol. The van der Waals surface area contributed by atoms with Crippen LogP contribution >= 0.6 is 0 Å². The number of nitrogens with zero attached hydrogens (tertiary/aromatic N) is 5. The molecule has 2 aromatic carbocycles. The van der Waals surface area contributed by atoms with Gasteiger partial charge in [-0.2, -0.15) is 0 Å². The summed E-state index contributed by atoms with van der Waals surface area (Å²) in [7, 11) is 1.57. The number of aromatic nitrogens is 5. The Morgan fingerprint density at radius 1 is 1.14 bits per heavy atom. The van der Waals surface area contributed by atoms with Gasteiger partial charge in [-0.1, -0.05) is 24.3 Å². The normalized spacial score (nSPS) is 10.9. The van der Waals surface area contributed by atoms with Gasteiger partial charge in [-0.3, -0.25) is 9.59 Å². The van der Waals surface area contributed by atoms with Crippen molar-refractivity contribution >= 4 is 22.4 Å². The highest BCUT2D eigenvalue weighted by Crippen LogP contribution is 2.19. The molecule has 4 rings (SSSR count). The predicted octanol–water partition coefficient (Wildman–Crippen LogP) is 1.88. The maximum absolute atomic E-state index is 13.1. The zero-order chi connectivity index (χ0) is 20.2. The highest BCUT2D eigenvalue weighted by molar-refractivity contribution is 6.12. The molecule has 0 radical (unpaired) electrons. The van der Waals surface area contributed by atoms with Gasteiger partial charge in [0, 0.05) is 36.3 Å². The Morgan fingerprint density at radius 2 is 1.97 bits per heavy atom. The Balaban J connectivity index is 1.71. The van der Waals surface area contributed by atoms with Gasteiger partial charge >= 0.3 is 0 Å². The molecule has 146 valence electrons. The van der Waals surface area contributed by atoms with Crippen LogP contribution in [0.5, 0.6) is 0 Å². The van der Waals surface area contributed by atoms with E-state index in [0.29, 0.717) is 40.9 Å². The maximum atomic E-state index is 13.1. The van der Waals surface area contributed by atoms with Crippen LogP contribution in [0.2, 0.25) is 0 Å². The van der Waals surface area contributed by atoms with Crippen LogP contribution in [0.15, 0.2) is 65.8 Å². The number of rotatable bonds is 6. The smallest absolute Gasteiger partial charge is 0.258 e. The maximum Gasteiger partial charge on any atom is 0.258 e. The Bertz CT molecular complexity index is 1220. The molecule has 0 saturated carbocycles. The molecular weight excluding hydrogens is 372 g/mol. The summed E-state index contributed by atoms with van der Waals surface area (Å²) in [6.45, 7) is 0.725. The van der Waals surface area contributed by atoms with Gasteiger partial charge in [0.15, 0.2) is 0 Å².